The Hall–Kier alpha value is -1.86. The van der Waals surface area contributed by atoms with E-state index in [2.05, 4.69) is 11.1 Å². The van der Waals surface area contributed by atoms with E-state index in [4.69, 9.17) is 21.7 Å². The van der Waals surface area contributed by atoms with Crippen LogP contribution in [0, 0.1) is 10.9 Å². The molecular weight excluding hydrogens is 356 g/mol. The van der Waals surface area contributed by atoms with Crippen LogP contribution in [-0.2, 0) is 11.2 Å². The second-order valence-electron chi connectivity index (χ2n) is 6.39. The number of carbonyl (C=O) groups excluding carboxylic acids is 1. The molecule has 2 aliphatic rings. The van der Waals surface area contributed by atoms with Crippen LogP contribution < -0.4 is 9.47 Å². The first-order valence-electron chi connectivity index (χ1n) is 8.49. The van der Waals surface area contributed by atoms with Gasteiger partial charge in [0.1, 0.15) is 13.2 Å². The fourth-order valence-corrected chi connectivity index (χ4v) is 4.81. The molecule has 1 aromatic heterocycles. The number of hydrogen-bond acceptors (Lipinski definition) is 5. The van der Waals surface area contributed by atoms with E-state index in [1.807, 2.05) is 24.0 Å². The van der Waals surface area contributed by atoms with Crippen molar-refractivity contribution in [2.75, 3.05) is 19.8 Å². The number of nitrogens with zero attached hydrogens (tertiary/aromatic N) is 1. The molecule has 0 radical (unpaired) electrons. The maximum Gasteiger partial charge on any atom is 0.228 e. The molecule has 0 saturated carbocycles. The Morgan fingerprint density at radius 2 is 2.16 bits per heavy atom. The van der Waals surface area contributed by atoms with Gasteiger partial charge in [-0.1, -0.05) is 6.07 Å². The molecule has 0 spiro atoms. The first-order valence-corrected chi connectivity index (χ1v) is 9.72. The van der Waals surface area contributed by atoms with E-state index in [-0.39, 0.29) is 11.9 Å². The third-order valence-electron chi connectivity index (χ3n) is 4.76. The highest BCUT2D eigenvalue weighted by atomic mass is 32.1. The van der Waals surface area contributed by atoms with Crippen LogP contribution in [0.25, 0.3) is 0 Å². The minimum Gasteiger partial charge on any atom is -0.486 e. The molecule has 0 aliphatic carbocycles. The summed E-state index contributed by atoms with van der Waals surface area (Å²) in [4.78, 5) is 19.0. The van der Waals surface area contributed by atoms with Gasteiger partial charge in [0.05, 0.1) is 12.5 Å². The quantitative estimate of drug-likeness (QED) is 0.828. The summed E-state index contributed by atoms with van der Waals surface area (Å²) in [6.45, 7) is 3.92. The van der Waals surface area contributed by atoms with Crippen LogP contribution in [0.2, 0.25) is 0 Å². The summed E-state index contributed by atoms with van der Waals surface area (Å²) < 4.78 is 12.0. The molecule has 1 saturated heterocycles. The molecule has 1 amide bonds. The van der Waals surface area contributed by atoms with Crippen molar-refractivity contribution in [1.29, 1.82) is 0 Å². The SMILES string of the molecule is Cc1[nH]c(=S)sc1CC(=O)N1CCCC1c1ccc2c(c1)OCCO2. The highest BCUT2D eigenvalue weighted by Crippen LogP contribution is 2.38. The van der Waals surface area contributed by atoms with Crippen molar-refractivity contribution in [3.8, 4) is 11.5 Å². The van der Waals surface area contributed by atoms with Crippen molar-refractivity contribution in [3.63, 3.8) is 0 Å². The molecule has 132 valence electrons. The molecule has 1 unspecified atom stereocenters. The molecule has 25 heavy (non-hydrogen) atoms. The number of amides is 1. The van der Waals surface area contributed by atoms with Crippen molar-refractivity contribution in [3.05, 3.63) is 38.3 Å². The van der Waals surface area contributed by atoms with E-state index in [9.17, 15) is 4.79 Å². The maximum atomic E-state index is 12.9. The van der Waals surface area contributed by atoms with Gasteiger partial charge in [-0.05, 0) is 49.7 Å². The van der Waals surface area contributed by atoms with Gasteiger partial charge >= 0.3 is 0 Å². The summed E-state index contributed by atoms with van der Waals surface area (Å²) in [5.74, 6) is 1.72. The second-order valence-corrected chi connectivity index (χ2v) is 8.16. The highest BCUT2D eigenvalue weighted by Gasteiger charge is 2.31. The summed E-state index contributed by atoms with van der Waals surface area (Å²) in [7, 11) is 0. The molecule has 4 rings (SSSR count). The minimum absolute atomic E-state index is 0.107. The van der Waals surface area contributed by atoms with Gasteiger partial charge < -0.3 is 19.4 Å². The van der Waals surface area contributed by atoms with Gasteiger partial charge in [-0.25, -0.2) is 0 Å². The minimum atomic E-state index is 0.107. The predicted octanol–water partition coefficient (Wildman–Crippen LogP) is 3.79. The lowest BCUT2D eigenvalue weighted by Crippen LogP contribution is -2.31. The topological polar surface area (TPSA) is 54.6 Å². The normalized spacial score (nSPS) is 19.2. The average Bonchev–Trinajstić information content (AvgIpc) is 3.21. The number of benzene rings is 1. The standard InChI is InChI=1S/C18H20N2O3S2/c1-11-16(25-18(24)19-11)10-17(21)20-6-2-3-13(20)12-4-5-14-15(9-12)23-8-7-22-14/h4-5,9,13H,2-3,6-8,10H2,1H3,(H,19,24). The molecular formula is C18H20N2O3S2. The Morgan fingerprint density at radius 3 is 2.92 bits per heavy atom. The van der Waals surface area contributed by atoms with Gasteiger partial charge in [-0.3, -0.25) is 4.79 Å². The Bertz CT molecular complexity index is 858. The smallest absolute Gasteiger partial charge is 0.228 e. The number of fused-ring (bicyclic) bond motifs is 1. The molecule has 1 atom stereocenters. The van der Waals surface area contributed by atoms with Crippen LogP contribution in [0.4, 0.5) is 0 Å². The number of likely N-dealkylation sites (tertiary alicyclic amines) is 1. The fraction of sp³-hybridized carbons (Fsp3) is 0.444. The molecule has 2 aromatic rings. The maximum absolute atomic E-state index is 12.9. The van der Waals surface area contributed by atoms with Crippen molar-refractivity contribution in [2.24, 2.45) is 0 Å². The number of nitrogens with one attached hydrogen (secondary N) is 1. The van der Waals surface area contributed by atoms with E-state index < -0.39 is 0 Å². The molecule has 2 aliphatic heterocycles. The number of ether oxygens (including phenoxy) is 2. The third kappa shape index (κ3) is 3.30. The zero-order valence-corrected chi connectivity index (χ0v) is 15.7. The number of hydrogen-bond donors (Lipinski definition) is 1. The van der Waals surface area contributed by atoms with Crippen LogP contribution in [0.5, 0.6) is 11.5 Å². The molecule has 1 N–H and O–H groups in total. The largest absolute Gasteiger partial charge is 0.486 e. The summed E-state index contributed by atoms with van der Waals surface area (Å²) >= 11 is 6.67. The molecule has 5 nitrogen and oxygen atoms in total. The number of H-pyrrole nitrogens is 1. The lowest BCUT2D eigenvalue weighted by Gasteiger charge is -2.26. The van der Waals surface area contributed by atoms with Crippen LogP contribution in [-0.4, -0.2) is 35.5 Å². The molecule has 1 fully saturated rings. The van der Waals surface area contributed by atoms with Gasteiger partial charge in [-0.2, -0.15) is 0 Å². The highest BCUT2D eigenvalue weighted by molar-refractivity contribution is 7.73. The predicted molar refractivity (Wildman–Crippen MR) is 99.1 cm³/mol. The monoisotopic (exact) mass is 376 g/mol. The zero-order valence-electron chi connectivity index (χ0n) is 14.0. The summed E-state index contributed by atoms with van der Waals surface area (Å²) in [5.41, 5.74) is 2.12. The Morgan fingerprint density at radius 1 is 1.36 bits per heavy atom. The number of aryl methyl sites for hydroxylation is 1. The lowest BCUT2D eigenvalue weighted by molar-refractivity contribution is -0.131. The zero-order chi connectivity index (χ0) is 17.4. The summed E-state index contributed by atoms with van der Waals surface area (Å²) in [6.07, 6.45) is 2.41. The van der Waals surface area contributed by atoms with E-state index in [0.717, 1.165) is 51.0 Å². The molecule has 7 heteroatoms. The molecule has 3 heterocycles. The average molecular weight is 377 g/mol. The van der Waals surface area contributed by atoms with E-state index in [0.29, 0.717) is 19.6 Å². The fourth-order valence-electron chi connectivity index (χ4n) is 3.52. The van der Waals surface area contributed by atoms with E-state index >= 15 is 0 Å². The number of aromatic amines is 1. The van der Waals surface area contributed by atoms with Crippen molar-refractivity contribution >= 4 is 29.5 Å². The first-order chi connectivity index (χ1) is 12.1. The van der Waals surface area contributed by atoms with Crippen molar-refractivity contribution in [2.45, 2.75) is 32.2 Å². The van der Waals surface area contributed by atoms with Gasteiger partial charge in [0.15, 0.2) is 15.5 Å². The number of aromatic nitrogens is 1. The van der Waals surface area contributed by atoms with Crippen molar-refractivity contribution < 1.29 is 14.3 Å². The van der Waals surface area contributed by atoms with Gasteiger partial charge in [-0.15, -0.1) is 11.3 Å². The third-order valence-corrected chi connectivity index (χ3v) is 6.10. The molecule has 0 bridgehead atoms. The molecule has 1 aromatic carbocycles. The van der Waals surface area contributed by atoms with Gasteiger partial charge in [0.2, 0.25) is 5.91 Å². The lowest BCUT2D eigenvalue weighted by atomic mass is 10.0. The second kappa shape index (κ2) is 6.80. The van der Waals surface area contributed by atoms with Crippen molar-refractivity contribution in [1.82, 2.24) is 9.88 Å². The Labute approximate surface area is 155 Å². The van der Waals surface area contributed by atoms with Gasteiger partial charge in [0.25, 0.3) is 0 Å². The number of thiazole rings is 1. The Balaban J connectivity index is 1.55. The van der Waals surface area contributed by atoms with E-state index in [1.54, 1.807) is 0 Å². The first kappa shape index (κ1) is 16.6. The van der Waals surface area contributed by atoms with Crippen LogP contribution in [0.1, 0.15) is 35.0 Å². The van der Waals surface area contributed by atoms with E-state index in [1.165, 1.54) is 11.3 Å². The van der Waals surface area contributed by atoms with Crippen LogP contribution >= 0.6 is 23.6 Å². The summed E-state index contributed by atoms with van der Waals surface area (Å²) in [5, 5.41) is 0. The summed E-state index contributed by atoms with van der Waals surface area (Å²) in [6, 6.07) is 6.13. The van der Waals surface area contributed by atoms with Crippen LogP contribution in [0.15, 0.2) is 18.2 Å². The number of carbonyl (C=O) groups is 1. The van der Waals surface area contributed by atoms with Crippen LogP contribution in [0.3, 0.4) is 0 Å². The van der Waals surface area contributed by atoms with Gasteiger partial charge in [0, 0.05) is 17.1 Å². The Kier molecular flexibility index (Phi) is 4.52. The number of rotatable bonds is 3.